The molecule has 0 amide bonds. The Morgan fingerprint density at radius 1 is 1.62 bits per heavy atom. The molecule has 0 saturated heterocycles. The molecule has 0 unspecified atom stereocenters. The highest BCUT2D eigenvalue weighted by molar-refractivity contribution is 7.99. The molecular formula is C10H12FNS. The van der Waals surface area contributed by atoms with Gasteiger partial charge in [-0.1, -0.05) is 6.08 Å². The molecule has 0 atom stereocenters. The Kier molecular flexibility index (Phi) is 3.37. The second-order valence-electron chi connectivity index (χ2n) is 2.74. The molecule has 13 heavy (non-hydrogen) atoms. The van der Waals surface area contributed by atoms with Crippen molar-refractivity contribution in [1.82, 2.24) is 0 Å². The van der Waals surface area contributed by atoms with Crippen LogP contribution < -0.4 is 5.73 Å². The first-order valence-corrected chi connectivity index (χ1v) is 4.93. The molecule has 70 valence electrons. The molecule has 2 N–H and O–H groups in total. The van der Waals surface area contributed by atoms with Crippen molar-refractivity contribution in [2.75, 3.05) is 11.5 Å². The van der Waals surface area contributed by atoms with Gasteiger partial charge in [-0.15, -0.1) is 18.3 Å². The van der Waals surface area contributed by atoms with Gasteiger partial charge in [0.25, 0.3) is 0 Å². The van der Waals surface area contributed by atoms with Crippen LogP contribution in [0.25, 0.3) is 0 Å². The van der Waals surface area contributed by atoms with Gasteiger partial charge < -0.3 is 5.73 Å². The van der Waals surface area contributed by atoms with Gasteiger partial charge in [-0.3, -0.25) is 0 Å². The van der Waals surface area contributed by atoms with Gasteiger partial charge in [0.1, 0.15) is 5.82 Å². The summed E-state index contributed by atoms with van der Waals surface area (Å²) in [5.74, 6) is 0.465. The van der Waals surface area contributed by atoms with E-state index in [0.717, 1.165) is 16.2 Å². The molecule has 3 heteroatoms. The van der Waals surface area contributed by atoms with Gasteiger partial charge in [-0.25, -0.2) is 4.39 Å². The maximum atomic E-state index is 12.9. The van der Waals surface area contributed by atoms with Gasteiger partial charge in [0.2, 0.25) is 0 Å². The Morgan fingerprint density at radius 2 is 2.31 bits per heavy atom. The Hall–Kier alpha value is -0.960. The zero-order chi connectivity index (χ0) is 9.84. The largest absolute Gasteiger partial charge is 0.396 e. The fourth-order valence-electron chi connectivity index (χ4n) is 0.973. The Balaban J connectivity index is 2.94. The van der Waals surface area contributed by atoms with E-state index in [1.54, 1.807) is 17.8 Å². The second kappa shape index (κ2) is 4.33. The first-order chi connectivity index (χ1) is 6.15. The quantitative estimate of drug-likeness (QED) is 0.458. The van der Waals surface area contributed by atoms with Crippen LogP contribution in [-0.2, 0) is 0 Å². The van der Waals surface area contributed by atoms with Crippen LogP contribution in [0.3, 0.4) is 0 Å². The van der Waals surface area contributed by atoms with E-state index in [-0.39, 0.29) is 11.5 Å². The van der Waals surface area contributed by atoms with Crippen LogP contribution in [0, 0.1) is 12.7 Å². The number of thioether (sulfide) groups is 1. The average Bonchev–Trinajstić information content (AvgIpc) is 2.09. The van der Waals surface area contributed by atoms with Crippen LogP contribution in [0.2, 0.25) is 0 Å². The van der Waals surface area contributed by atoms with Gasteiger partial charge in [-0.2, -0.15) is 0 Å². The standard InChI is InChI=1S/C10H12FNS/c1-3-4-13-10-6-9(12)8(11)5-7(10)2/h3,5-6H,1,4,12H2,2H3. The van der Waals surface area contributed by atoms with Crippen molar-refractivity contribution >= 4 is 17.4 Å². The molecule has 0 aliphatic rings. The number of anilines is 1. The fourth-order valence-corrected chi connectivity index (χ4v) is 1.77. The van der Waals surface area contributed by atoms with Crippen molar-refractivity contribution in [1.29, 1.82) is 0 Å². The summed E-state index contributed by atoms with van der Waals surface area (Å²) in [4.78, 5) is 1.01. The minimum atomic E-state index is -0.347. The lowest BCUT2D eigenvalue weighted by molar-refractivity contribution is 0.630. The van der Waals surface area contributed by atoms with Gasteiger partial charge in [-0.05, 0) is 24.6 Å². The molecule has 0 bridgehead atoms. The minimum absolute atomic E-state index is 0.206. The minimum Gasteiger partial charge on any atom is -0.396 e. The summed E-state index contributed by atoms with van der Waals surface area (Å²) in [6, 6.07) is 3.12. The highest BCUT2D eigenvalue weighted by Crippen LogP contribution is 2.26. The first-order valence-electron chi connectivity index (χ1n) is 3.94. The van der Waals surface area contributed by atoms with Gasteiger partial charge in [0, 0.05) is 10.6 Å². The van der Waals surface area contributed by atoms with Crippen LogP contribution >= 0.6 is 11.8 Å². The molecule has 1 aromatic carbocycles. The van der Waals surface area contributed by atoms with E-state index in [1.807, 2.05) is 13.0 Å². The van der Waals surface area contributed by atoms with Crippen LogP contribution in [0.1, 0.15) is 5.56 Å². The number of nitrogen functional groups attached to an aromatic ring is 1. The van der Waals surface area contributed by atoms with E-state index in [2.05, 4.69) is 6.58 Å². The van der Waals surface area contributed by atoms with E-state index in [9.17, 15) is 4.39 Å². The van der Waals surface area contributed by atoms with Crippen LogP contribution in [0.15, 0.2) is 29.7 Å². The number of nitrogens with two attached hydrogens (primary N) is 1. The number of rotatable bonds is 3. The van der Waals surface area contributed by atoms with Crippen LogP contribution in [0.4, 0.5) is 10.1 Å². The van der Waals surface area contributed by atoms with Gasteiger partial charge >= 0.3 is 0 Å². The third-order valence-corrected chi connectivity index (χ3v) is 2.80. The molecule has 0 radical (unpaired) electrons. The molecule has 0 aliphatic carbocycles. The highest BCUT2D eigenvalue weighted by atomic mass is 32.2. The molecule has 0 fully saturated rings. The normalized spacial score (nSPS) is 10.0. The Morgan fingerprint density at radius 3 is 2.92 bits per heavy atom. The summed E-state index contributed by atoms with van der Waals surface area (Å²) in [6.07, 6.45) is 1.81. The number of hydrogen-bond donors (Lipinski definition) is 1. The van der Waals surface area contributed by atoms with Crippen LogP contribution in [0.5, 0.6) is 0 Å². The van der Waals surface area contributed by atoms with Crippen molar-refractivity contribution in [2.45, 2.75) is 11.8 Å². The monoisotopic (exact) mass is 197 g/mol. The summed E-state index contributed by atoms with van der Waals surface area (Å²) >= 11 is 1.61. The van der Waals surface area contributed by atoms with E-state index < -0.39 is 0 Å². The summed E-state index contributed by atoms with van der Waals surface area (Å²) in [5.41, 5.74) is 6.57. The SMILES string of the molecule is C=CCSc1cc(N)c(F)cc1C. The zero-order valence-corrected chi connectivity index (χ0v) is 8.33. The molecule has 0 saturated carbocycles. The molecule has 1 rings (SSSR count). The van der Waals surface area contributed by atoms with Crippen LogP contribution in [-0.4, -0.2) is 5.75 Å². The summed E-state index contributed by atoms with van der Waals surface area (Å²) in [5, 5.41) is 0. The highest BCUT2D eigenvalue weighted by Gasteiger charge is 2.03. The molecule has 0 aromatic heterocycles. The maximum Gasteiger partial charge on any atom is 0.146 e. The maximum absolute atomic E-state index is 12.9. The zero-order valence-electron chi connectivity index (χ0n) is 7.51. The van der Waals surface area contributed by atoms with E-state index in [1.165, 1.54) is 6.07 Å². The van der Waals surface area contributed by atoms with E-state index in [0.29, 0.717) is 0 Å². The lowest BCUT2D eigenvalue weighted by Crippen LogP contribution is -1.93. The lowest BCUT2D eigenvalue weighted by Gasteiger charge is -2.05. The topological polar surface area (TPSA) is 26.0 Å². The van der Waals surface area contributed by atoms with E-state index >= 15 is 0 Å². The Labute approximate surface area is 81.8 Å². The number of aryl methyl sites for hydroxylation is 1. The average molecular weight is 197 g/mol. The predicted octanol–water partition coefficient (Wildman–Crippen LogP) is 2.99. The van der Waals surface area contributed by atoms with Crippen molar-refractivity contribution in [2.24, 2.45) is 0 Å². The van der Waals surface area contributed by atoms with Gasteiger partial charge in [0.05, 0.1) is 5.69 Å². The van der Waals surface area contributed by atoms with Gasteiger partial charge in [0.15, 0.2) is 0 Å². The first kappa shape index (κ1) is 10.1. The number of hydrogen-bond acceptors (Lipinski definition) is 2. The number of halogens is 1. The van der Waals surface area contributed by atoms with Crippen molar-refractivity contribution in [3.8, 4) is 0 Å². The summed E-state index contributed by atoms with van der Waals surface area (Å²) in [6.45, 7) is 5.49. The molecule has 0 aliphatic heterocycles. The van der Waals surface area contributed by atoms with Crippen molar-refractivity contribution in [3.05, 3.63) is 36.2 Å². The third kappa shape index (κ3) is 2.49. The van der Waals surface area contributed by atoms with Crippen molar-refractivity contribution in [3.63, 3.8) is 0 Å². The molecule has 1 nitrogen and oxygen atoms in total. The molecule has 0 spiro atoms. The molecule has 1 aromatic rings. The fraction of sp³-hybridized carbons (Fsp3) is 0.200. The Bertz CT molecular complexity index is 323. The molecular weight excluding hydrogens is 185 g/mol. The predicted molar refractivity (Wildman–Crippen MR) is 56.5 cm³/mol. The summed E-state index contributed by atoms with van der Waals surface area (Å²) in [7, 11) is 0. The van der Waals surface area contributed by atoms with E-state index in [4.69, 9.17) is 5.73 Å². The summed E-state index contributed by atoms with van der Waals surface area (Å²) < 4.78 is 12.9. The molecule has 0 heterocycles. The number of benzene rings is 1. The lowest BCUT2D eigenvalue weighted by atomic mass is 10.2. The van der Waals surface area contributed by atoms with Crippen molar-refractivity contribution < 1.29 is 4.39 Å². The smallest absolute Gasteiger partial charge is 0.146 e. The third-order valence-electron chi connectivity index (χ3n) is 1.65. The second-order valence-corrected chi connectivity index (χ2v) is 3.80.